The Labute approximate surface area is 331 Å². The van der Waals surface area contributed by atoms with Gasteiger partial charge in [0.2, 0.25) is 0 Å². The molecule has 0 fully saturated rings. The van der Waals surface area contributed by atoms with E-state index >= 15 is 0 Å². The van der Waals surface area contributed by atoms with Crippen molar-refractivity contribution in [2.75, 3.05) is 0 Å². The number of benzene rings is 8. The van der Waals surface area contributed by atoms with Crippen molar-refractivity contribution in [3.05, 3.63) is 239 Å². The predicted molar refractivity (Wildman–Crippen MR) is 231 cm³/mol. The minimum atomic E-state index is -0.532. The minimum Gasteiger partial charge on any atom is -0.457 e. The third-order valence-electron chi connectivity index (χ3n) is 12.3. The van der Waals surface area contributed by atoms with Gasteiger partial charge in [0.15, 0.2) is 0 Å². The highest BCUT2D eigenvalue weighted by atomic mass is 16.5. The Morgan fingerprint density at radius 3 is 1.77 bits per heavy atom. The topological polar surface area (TPSA) is 38.2 Å². The van der Waals surface area contributed by atoms with Gasteiger partial charge in [-0.15, -0.1) is 0 Å². The quantitative estimate of drug-likeness (QED) is 0.189. The normalized spacial score (nSPS) is 17.2. The van der Waals surface area contributed by atoms with E-state index in [-0.39, 0.29) is 12.2 Å². The molecule has 2 atom stereocenters. The summed E-state index contributed by atoms with van der Waals surface area (Å²) < 4.78 is 9.01. The van der Waals surface area contributed by atoms with Crippen LogP contribution in [0.2, 0.25) is 0 Å². The van der Waals surface area contributed by atoms with Gasteiger partial charge in [-0.2, -0.15) is 0 Å². The first-order valence-corrected chi connectivity index (χ1v) is 19.8. The molecule has 1 spiro atoms. The minimum absolute atomic E-state index is 0.0321. The SMILES string of the molecule is C1=C(c2cccc3c2-c2ccccc2C32c3ccccc3Oc3ccccc32)NC(c2cccc(-n3c4ccccc4c4ccccc43)c2)NC1c1ccccc1. The number of aromatic nitrogens is 1. The highest BCUT2D eigenvalue weighted by molar-refractivity contribution is 6.09. The Kier molecular flexibility index (Phi) is 7.01. The van der Waals surface area contributed by atoms with Crippen LogP contribution in [0.25, 0.3) is 44.3 Å². The zero-order chi connectivity index (χ0) is 37.5. The summed E-state index contributed by atoms with van der Waals surface area (Å²) in [5, 5.41) is 10.5. The Morgan fingerprint density at radius 1 is 0.474 bits per heavy atom. The molecule has 0 saturated heterocycles. The highest BCUT2D eigenvalue weighted by Gasteiger charge is 2.51. The molecule has 57 heavy (non-hydrogen) atoms. The van der Waals surface area contributed by atoms with Crippen molar-refractivity contribution in [3.63, 3.8) is 0 Å². The van der Waals surface area contributed by atoms with Gasteiger partial charge in [0, 0.05) is 38.8 Å². The molecule has 0 saturated carbocycles. The maximum atomic E-state index is 6.62. The molecule has 1 aromatic heterocycles. The maximum Gasteiger partial charge on any atom is 0.132 e. The monoisotopic (exact) mass is 731 g/mol. The van der Waals surface area contributed by atoms with Crippen molar-refractivity contribution < 1.29 is 4.74 Å². The molecule has 8 aromatic carbocycles. The number of hydrogen-bond donors (Lipinski definition) is 2. The molecule has 1 aliphatic carbocycles. The van der Waals surface area contributed by atoms with Crippen LogP contribution >= 0.6 is 0 Å². The Balaban J connectivity index is 1.05. The van der Waals surface area contributed by atoms with Gasteiger partial charge in [0.05, 0.1) is 22.5 Å². The standard InChI is InChI=1S/C53H37N3O/c1-2-16-34(17-3-1)45-33-46(55-52(54-45)35-18-14-19-36(32-35)56-47-28-10-5-20-37(47)38-21-6-11-29-48(38)56)40-23-15-27-44-51(40)39-22-4-7-24-41(39)53(44)42-25-8-12-30-49(42)57-50-31-13-9-26-43(50)53/h1-33,45,52,54-55H. The Morgan fingerprint density at radius 2 is 1.04 bits per heavy atom. The van der Waals surface area contributed by atoms with Gasteiger partial charge >= 0.3 is 0 Å². The summed E-state index contributed by atoms with van der Waals surface area (Å²) in [5.74, 6) is 1.80. The predicted octanol–water partition coefficient (Wildman–Crippen LogP) is 12.2. The third kappa shape index (κ3) is 4.65. The lowest BCUT2D eigenvalue weighted by Gasteiger charge is -2.39. The van der Waals surface area contributed by atoms with E-state index in [0.29, 0.717) is 0 Å². The van der Waals surface area contributed by atoms with Crippen molar-refractivity contribution in [2.24, 2.45) is 0 Å². The van der Waals surface area contributed by atoms with Gasteiger partial charge in [0.25, 0.3) is 0 Å². The second-order valence-electron chi connectivity index (χ2n) is 15.3. The molecule has 2 aliphatic heterocycles. The molecule has 2 unspecified atom stereocenters. The number of ether oxygens (including phenoxy) is 1. The number of rotatable bonds is 4. The molecule has 3 aliphatic rings. The fraction of sp³-hybridized carbons (Fsp3) is 0.0566. The summed E-state index contributed by atoms with van der Waals surface area (Å²) in [6.45, 7) is 0. The van der Waals surface area contributed by atoms with E-state index in [2.05, 4.69) is 215 Å². The molecule has 12 rings (SSSR count). The molecule has 4 nitrogen and oxygen atoms in total. The van der Waals surface area contributed by atoms with Crippen LogP contribution in [-0.2, 0) is 5.41 Å². The average molecular weight is 732 g/mol. The highest BCUT2D eigenvalue weighted by Crippen LogP contribution is 2.63. The second-order valence-corrected chi connectivity index (χ2v) is 15.3. The Bertz CT molecular complexity index is 2990. The molecular weight excluding hydrogens is 695 g/mol. The van der Waals surface area contributed by atoms with Crippen LogP contribution in [0, 0.1) is 0 Å². The van der Waals surface area contributed by atoms with E-state index in [1.165, 1.54) is 66.3 Å². The van der Waals surface area contributed by atoms with Crippen LogP contribution < -0.4 is 15.4 Å². The zero-order valence-corrected chi connectivity index (χ0v) is 31.1. The first-order chi connectivity index (χ1) is 28.3. The summed E-state index contributed by atoms with van der Waals surface area (Å²) in [5.41, 5.74) is 15.1. The molecule has 3 heterocycles. The number of nitrogens with zero attached hydrogens (tertiary/aromatic N) is 1. The van der Waals surface area contributed by atoms with Gasteiger partial charge in [-0.05, 0) is 75.9 Å². The first-order valence-electron chi connectivity index (χ1n) is 19.8. The number of para-hydroxylation sites is 4. The summed E-state index contributed by atoms with van der Waals surface area (Å²) in [4.78, 5) is 0. The van der Waals surface area contributed by atoms with E-state index in [1.54, 1.807) is 0 Å². The summed E-state index contributed by atoms with van der Waals surface area (Å²) >= 11 is 0. The lowest BCUT2D eigenvalue weighted by atomic mass is 9.66. The molecule has 0 radical (unpaired) electrons. The van der Waals surface area contributed by atoms with Gasteiger partial charge < -0.3 is 14.6 Å². The smallest absolute Gasteiger partial charge is 0.132 e. The molecule has 4 heteroatoms. The van der Waals surface area contributed by atoms with E-state index < -0.39 is 5.41 Å². The van der Waals surface area contributed by atoms with Crippen molar-refractivity contribution >= 4 is 27.5 Å². The molecule has 2 N–H and O–H groups in total. The molecular formula is C53H37N3O. The largest absolute Gasteiger partial charge is 0.457 e. The van der Waals surface area contributed by atoms with Gasteiger partial charge in [-0.1, -0.05) is 158 Å². The molecule has 9 aromatic rings. The van der Waals surface area contributed by atoms with Gasteiger partial charge in [0.1, 0.15) is 17.7 Å². The zero-order valence-electron chi connectivity index (χ0n) is 31.1. The number of fused-ring (bicyclic) bond motifs is 12. The Hall–Kier alpha value is -7.14. The van der Waals surface area contributed by atoms with Crippen LogP contribution in [0.4, 0.5) is 0 Å². The first kappa shape index (κ1) is 32.1. The van der Waals surface area contributed by atoms with Crippen LogP contribution in [-0.4, -0.2) is 4.57 Å². The third-order valence-corrected chi connectivity index (χ3v) is 12.3. The van der Waals surface area contributed by atoms with Crippen LogP contribution in [0.1, 0.15) is 51.2 Å². The number of nitrogens with one attached hydrogen (secondary N) is 2. The second kappa shape index (κ2) is 12.4. The lowest BCUT2D eigenvalue weighted by molar-refractivity contribution is 0.436. The molecule has 0 amide bonds. The molecule has 0 bridgehead atoms. The van der Waals surface area contributed by atoms with Gasteiger partial charge in [-0.3, -0.25) is 5.32 Å². The van der Waals surface area contributed by atoms with E-state index in [4.69, 9.17) is 4.74 Å². The summed E-state index contributed by atoms with van der Waals surface area (Å²) in [6.07, 6.45) is 2.20. The van der Waals surface area contributed by atoms with E-state index in [0.717, 1.165) is 28.4 Å². The van der Waals surface area contributed by atoms with Crippen LogP contribution in [0.3, 0.4) is 0 Å². The fourth-order valence-electron chi connectivity index (χ4n) is 10.0. The van der Waals surface area contributed by atoms with E-state index in [9.17, 15) is 0 Å². The summed E-state index contributed by atoms with van der Waals surface area (Å²) in [7, 11) is 0. The van der Waals surface area contributed by atoms with Crippen molar-refractivity contribution in [1.82, 2.24) is 15.2 Å². The summed E-state index contributed by atoms with van der Waals surface area (Å²) in [6, 6.07) is 70.1. The van der Waals surface area contributed by atoms with Crippen molar-refractivity contribution in [2.45, 2.75) is 17.6 Å². The lowest BCUT2D eigenvalue weighted by Crippen LogP contribution is -2.39. The number of hydrogen-bond acceptors (Lipinski definition) is 3. The van der Waals surface area contributed by atoms with Crippen molar-refractivity contribution in [1.29, 1.82) is 0 Å². The van der Waals surface area contributed by atoms with Crippen molar-refractivity contribution in [3.8, 4) is 28.3 Å². The maximum absolute atomic E-state index is 6.62. The molecule has 270 valence electrons. The average Bonchev–Trinajstić information content (AvgIpc) is 3.78. The van der Waals surface area contributed by atoms with E-state index in [1.807, 2.05) is 0 Å². The van der Waals surface area contributed by atoms with Crippen LogP contribution in [0.15, 0.2) is 200 Å². The van der Waals surface area contributed by atoms with Gasteiger partial charge in [-0.25, -0.2) is 0 Å². The van der Waals surface area contributed by atoms with Crippen LogP contribution in [0.5, 0.6) is 11.5 Å². The fourth-order valence-corrected chi connectivity index (χ4v) is 10.0.